The Bertz CT molecular complexity index is 560. The molecule has 0 bridgehead atoms. The molecule has 0 unspecified atom stereocenters. The SMILES string of the molecule is Cc1cccc(N)c1C(=O)OCc1cc(Br)cs1. The monoisotopic (exact) mass is 325 g/mol. The molecule has 2 rings (SSSR count). The molecule has 0 saturated carbocycles. The van der Waals surface area contributed by atoms with E-state index in [1.54, 1.807) is 6.07 Å². The average molecular weight is 326 g/mol. The fourth-order valence-electron chi connectivity index (χ4n) is 1.61. The van der Waals surface area contributed by atoms with Crippen molar-refractivity contribution in [2.45, 2.75) is 13.5 Å². The number of carbonyl (C=O) groups is 1. The second kappa shape index (κ2) is 5.54. The van der Waals surface area contributed by atoms with Crippen molar-refractivity contribution in [1.29, 1.82) is 0 Å². The third-order valence-electron chi connectivity index (χ3n) is 2.48. The van der Waals surface area contributed by atoms with Crippen molar-refractivity contribution >= 4 is 38.9 Å². The summed E-state index contributed by atoms with van der Waals surface area (Å²) in [5.74, 6) is -0.380. The molecule has 0 aliphatic carbocycles. The highest BCUT2D eigenvalue weighted by Crippen LogP contribution is 2.22. The zero-order chi connectivity index (χ0) is 13.1. The van der Waals surface area contributed by atoms with Gasteiger partial charge in [-0.05, 0) is 40.5 Å². The highest BCUT2D eigenvalue weighted by atomic mass is 79.9. The molecule has 0 aliphatic rings. The fourth-order valence-corrected chi connectivity index (χ4v) is 2.97. The van der Waals surface area contributed by atoms with Crippen molar-refractivity contribution in [3.8, 4) is 0 Å². The number of rotatable bonds is 3. The quantitative estimate of drug-likeness (QED) is 0.690. The van der Waals surface area contributed by atoms with Gasteiger partial charge in [0.15, 0.2) is 0 Å². The molecule has 0 amide bonds. The van der Waals surface area contributed by atoms with E-state index in [2.05, 4.69) is 15.9 Å². The summed E-state index contributed by atoms with van der Waals surface area (Å²) in [6.07, 6.45) is 0. The number of nitrogens with two attached hydrogens (primary N) is 1. The summed E-state index contributed by atoms with van der Waals surface area (Å²) in [7, 11) is 0. The zero-order valence-corrected chi connectivity index (χ0v) is 12.2. The van der Waals surface area contributed by atoms with Crippen molar-refractivity contribution in [1.82, 2.24) is 0 Å². The number of esters is 1. The van der Waals surface area contributed by atoms with Crippen LogP contribution in [0.2, 0.25) is 0 Å². The number of nitrogen functional groups attached to an aromatic ring is 1. The van der Waals surface area contributed by atoms with Gasteiger partial charge < -0.3 is 10.5 Å². The largest absolute Gasteiger partial charge is 0.456 e. The minimum atomic E-state index is -0.380. The molecule has 1 aromatic carbocycles. The molecule has 18 heavy (non-hydrogen) atoms. The number of halogens is 1. The van der Waals surface area contributed by atoms with E-state index in [1.165, 1.54) is 11.3 Å². The first-order chi connectivity index (χ1) is 8.58. The van der Waals surface area contributed by atoms with Crippen molar-refractivity contribution in [3.63, 3.8) is 0 Å². The van der Waals surface area contributed by atoms with Crippen LogP contribution >= 0.6 is 27.3 Å². The molecule has 0 radical (unpaired) electrons. The molecule has 0 saturated heterocycles. The van der Waals surface area contributed by atoms with Crippen LogP contribution < -0.4 is 5.73 Å². The van der Waals surface area contributed by atoms with Gasteiger partial charge in [0.05, 0.1) is 5.56 Å². The van der Waals surface area contributed by atoms with Crippen molar-refractivity contribution in [2.75, 3.05) is 5.73 Å². The van der Waals surface area contributed by atoms with Crippen LogP contribution in [0.4, 0.5) is 5.69 Å². The van der Waals surface area contributed by atoms with Gasteiger partial charge in [0.1, 0.15) is 6.61 Å². The Labute approximate surface area is 118 Å². The van der Waals surface area contributed by atoms with Gasteiger partial charge in [0.25, 0.3) is 0 Å². The smallest absolute Gasteiger partial charge is 0.340 e. The first kappa shape index (κ1) is 13.1. The summed E-state index contributed by atoms with van der Waals surface area (Å²) in [6.45, 7) is 2.11. The maximum Gasteiger partial charge on any atom is 0.340 e. The van der Waals surface area contributed by atoms with Gasteiger partial charge in [-0.25, -0.2) is 4.79 Å². The maximum atomic E-state index is 12.0. The Morgan fingerprint density at radius 3 is 2.89 bits per heavy atom. The molecular formula is C13H12BrNO2S. The second-order valence-corrected chi connectivity index (χ2v) is 5.76. The lowest BCUT2D eigenvalue weighted by molar-refractivity contribution is 0.0477. The molecule has 94 valence electrons. The number of anilines is 1. The first-order valence-corrected chi connectivity index (χ1v) is 7.00. The Morgan fingerprint density at radius 1 is 1.50 bits per heavy atom. The topological polar surface area (TPSA) is 52.3 Å². The average Bonchev–Trinajstić information content (AvgIpc) is 2.72. The van der Waals surface area contributed by atoms with Gasteiger partial charge >= 0.3 is 5.97 Å². The molecule has 2 N–H and O–H groups in total. The van der Waals surface area contributed by atoms with E-state index < -0.39 is 0 Å². The van der Waals surface area contributed by atoms with Gasteiger partial charge in [0, 0.05) is 20.4 Å². The molecule has 2 aromatic rings. The predicted molar refractivity (Wildman–Crippen MR) is 76.7 cm³/mol. The standard InChI is InChI=1S/C13H12BrNO2S/c1-8-3-2-4-11(15)12(8)13(16)17-6-10-5-9(14)7-18-10/h2-5,7H,6,15H2,1H3. The van der Waals surface area contributed by atoms with Crippen LogP contribution in [0.25, 0.3) is 0 Å². The van der Waals surface area contributed by atoms with Gasteiger partial charge in [-0.2, -0.15) is 0 Å². The van der Waals surface area contributed by atoms with Crippen LogP contribution in [-0.2, 0) is 11.3 Å². The number of ether oxygens (including phenoxy) is 1. The summed E-state index contributed by atoms with van der Waals surface area (Å²) < 4.78 is 6.25. The fraction of sp³-hybridized carbons (Fsp3) is 0.154. The summed E-state index contributed by atoms with van der Waals surface area (Å²) in [4.78, 5) is 12.9. The van der Waals surface area contributed by atoms with E-state index in [4.69, 9.17) is 10.5 Å². The third kappa shape index (κ3) is 2.91. The van der Waals surface area contributed by atoms with Crippen LogP contribution in [-0.4, -0.2) is 5.97 Å². The molecular weight excluding hydrogens is 314 g/mol. The van der Waals surface area contributed by atoms with Crippen LogP contribution in [0.3, 0.4) is 0 Å². The van der Waals surface area contributed by atoms with E-state index >= 15 is 0 Å². The lowest BCUT2D eigenvalue weighted by atomic mass is 10.1. The normalized spacial score (nSPS) is 10.3. The number of hydrogen-bond donors (Lipinski definition) is 1. The molecule has 3 nitrogen and oxygen atoms in total. The van der Waals surface area contributed by atoms with Gasteiger partial charge in [-0.15, -0.1) is 11.3 Å². The van der Waals surface area contributed by atoms with Crippen molar-refractivity contribution in [2.24, 2.45) is 0 Å². The zero-order valence-electron chi connectivity index (χ0n) is 9.77. The van der Waals surface area contributed by atoms with E-state index in [0.29, 0.717) is 11.3 Å². The number of benzene rings is 1. The number of hydrogen-bond acceptors (Lipinski definition) is 4. The van der Waals surface area contributed by atoms with Gasteiger partial charge in [-0.3, -0.25) is 0 Å². The van der Waals surface area contributed by atoms with Crippen LogP contribution in [0.5, 0.6) is 0 Å². The molecule has 5 heteroatoms. The third-order valence-corrected chi connectivity index (χ3v) is 4.15. The minimum absolute atomic E-state index is 0.267. The molecule has 1 aromatic heterocycles. The summed E-state index contributed by atoms with van der Waals surface area (Å²) in [5, 5.41) is 1.95. The Morgan fingerprint density at radius 2 is 2.28 bits per heavy atom. The lowest BCUT2D eigenvalue weighted by Crippen LogP contribution is -2.09. The van der Waals surface area contributed by atoms with Gasteiger partial charge in [0.2, 0.25) is 0 Å². The lowest BCUT2D eigenvalue weighted by Gasteiger charge is -2.08. The first-order valence-electron chi connectivity index (χ1n) is 5.33. The van der Waals surface area contributed by atoms with Crippen LogP contribution in [0.1, 0.15) is 20.8 Å². The van der Waals surface area contributed by atoms with Crippen LogP contribution in [0.15, 0.2) is 34.1 Å². The maximum absolute atomic E-state index is 12.0. The number of carbonyl (C=O) groups excluding carboxylic acids is 1. The Kier molecular flexibility index (Phi) is 4.04. The highest BCUT2D eigenvalue weighted by molar-refractivity contribution is 9.10. The summed E-state index contributed by atoms with van der Waals surface area (Å²) in [6, 6.07) is 7.29. The van der Waals surface area contributed by atoms with Crippen molar-refractivity contribution < 1.29 is 9.53 Å². The van der Waals surface area contributed by atoms with Gasteiger partial charge in [-0.1, -0.05) is 12.1 Å². The van der Waals surface area contributed by atoms with Crippen molar-refractivity contribution in [3.05, 3.63) is 50.1 Å². The molecule has 0 spiro atoms. The summed E-state index contributed by atoms with van der Waals surface area (Å²) in [5.41, 5.74) is 7.52. The van der Waals surface area contributed by atoms with E-state index in [0.717, 1.165) is 14.9 Å². The highest BCUT2D eigenvalue weighted by Gasteiger charge is 2.14. The van der Waals surface area contributed by atoms with Crippen LogP contribution in [0, 0.1) is 6.92 Å². The Hall–Kier alpha value is -1.33. The van der Waals surface area contributed by atoms with E-state index in [-0.39, 0.29) is 12.6 Å². The second-order valence-electron chi connectivity index (χ2n) is 3.85. The Balaban J connectivity index is 2.08. The molecule has 0 fully saturated rings. The number of thiophene rings is 1. The minimum Gasteiger partial charge on any atom is -0.456 e. The van der Waals surface area contributed by atoms with E-state index in [1.807, 2.05) is 30.5 Å². The molecule has 0 atom stereocenters. The van der Waals surface area contributed by atoms with E-state index in [9.17, 15) is 4.79 Å². The molecule has 0 aliphatic heterocycles. The summed E-state index contributed by atoms with van der Waals surface area (Å²) >= 11 is 4.90. The number of aryl methyl sites for hydroxylation is 1. The predicted octanol–water partition coefficient (Wildman–Crippen LogP) is 3.76. The molecule has 1 heterocycles.